The Balaban J connectivity index is 2.12. The molecule has 0 spiro atoms. The lowest BCUT2D eigenvalue weighted by atomic mass is 10.0. The second-order valence-corrected chi connectivity index (χ2v) is 3.77. The van der Waals surface area contributed by atoms with Crippen LogP contribution in [-0.2, 0) is 24.4 Å². The van der Waals surface area contributed by atoms with Crippen LogP contribution in [0.4, 0.5) is 0 Å². The number of halogens is 1. The highest BCUT2D eigenvalue weighted by Crippen LogP contribution is 2.21. The number of ether oxygens (including phenoxy) is 1. The highest BCUT2D eigenvalue weighted by atomic mass is 35.5. The van der Waals surface area contributed by atoms with Gasteiger partial charge in [0.1, 0.15) is 0 Å². The van der Waals surface area contributed by atoms with E-state index >= 15 is 0 Å². The summed E-state index contributed by atoms with van der Waals surface area (Å²) in [6.45, 7) is 1.56. The SMILES string of the molecule is ClCCCc1ccc2c(c1)COC2. The Bertz CT molecular complexity index is 296. The van der Waals surface area contributed by atoms with Crippen molar-refractivity contribution in [3.63, 3.8) is 0 Å². The number of alkyl halides is 1. The van der Waals surface area contributed by atoms with Crippen molar-refractivity contribution in [2.75, 3.05) is 5.88 Å². The van der Waals surface area contributed by atoms with Crippen LogP contribution in [0, 0.1) is 0 Å². The van der Waals surface area contributed by atoms with Gasteiger partial charge in [0.2, 0.25) is 0 Å². The van der Waals surface area contributed by atoms with Crippen LogP contribution in [0.3, 0.4) is 0 Å². The van der Waals surface area contributed by atoms with Crippen LogP contribution >= 0.6 is 11.6 Å². The van der Waals surface area contributed by atoms with Gasteiger partial charge in [-0.05, 0) is 29.5 Å². The molecule has 0 saturated heterocycles. The van der Waals surface area contributed by atoms with Crippen molar-refractivity contribution in [2.24, 2.45) is 0 Å². The summed E-state index contributed by atoms with van der Waals surface area (Å²) < 4.78 is 5.35. The van der Waals surface area contributed by atoms with Crippen molar-refractivity contribution in [2.45, 2.75) is 26.1 Å². The number of aryl methyl sites for hydroxylation is 1. The lowest BCUT2D eigenvalue weighted by molar-refractivity contribution is 0.134. The van der Waals surface area contributed by atoms with Crippen LogP contribution in [-0.4, -0.2) is 5.88 Å². The van der Waals surface area contributed by atoms with E-state index in [1.807, 2.05) is 0 Å². The van der Waals surface area contributed by atoms with Gasteiger partial charge in [0, 0.05) is 5.88 Å². The van der Waals surface area contributed by atoms with Gasteiger partial charge in [-0.2, -0.15) is 0 Å². The lowest BCUT2D eigenvalue weighted by Gasteiger charge is -2.01. The monoisotopic (exact) mass is 196 g/mol. The summed E-state index contributed by atoms with van der Waals surface area (Å²) in [5.74, 6) is 0.744. The van der Waals surface area contributed by atoms with Crippen molar-refractivity contribution in [1.82, 2.24) is 0 Å². The Labute approximate surface area is 83.7 Å². The third-order valence-corrected chi connectivity index (χ3v) is 2.65. The van der Waals surface area contributed by atoms with E-state index in [9.17, 15) is 0 Å². The van der Waals surface area contributed by atoms with Gasteiger partial charge in [-0.25, -0.2) is 0 Å². The molecule has 70 valence electrons. The Morgan fingerprint density at radius 1 is 1.23 bits per heavy atom. The molecule has 0 unspecified atom stereocenters. The summed E-state index contributed by atoms with van der Waals surface area (Å²) in [4.78, 5) is 0. The van der Waals surface area contributed by atoms with E-state index < -0.39 is 0 Å². The molecule has 1 heterocycles. The molecule has 2 heteroatoms. The van der Waals surface area contributed by atoms with E-state index in [2.05, 4.69) is 18.2 Å². The van der Waals surface area contributed by atoms with Gasteiger partial charge in [-0.3, -0.25) is 0 Å². The number of rotatable bonds is 3. The second kappa shape index (κ2) is 4.12. The average Bonchev–Trinajstić information content (AvgIpc) is 2.61. The summed E-state index contributed by atoms with van der Waals surface area (Å²) in [5.41, 5.74) is 4.08. The van der Waals surface area contributed by atoms with Crippen LogP contribution in [0.15, 0.2) is 18.2 Å². The third kappa shape index (κ3) is 2.04. The Kier molecular flexibility index (Phi) is 2.87. The minimum absolute atomic E-state index is 0.744. The quantitative estimate of drug-likeness (QED) is 0.676. The van der Waals surface area contributed by atoms with Crippen LogP contribution in [0.2, 0.25) is 0 Å². The Hall–Kier alpha value is -0.530. The minimum Gasteiger partial charge on any atom is -0.372 e. The predicted molar refractivity (Wildman–Crippen MR) is 54.0 cm³/mol. The first kappa shape index (κ1) is 9.04. The predicted octanol–water partition coefficient (Wildman–Crippen LogP) is 2.89. The Morgan fingerprint density at radius 3 is 2.92 bits per heavy atom. The summed E-state index contributed by atoms with van der Waals surface area (Å²) in [5, 5.41) is 0. The van der Waals surface area contributed by atoms with E-state index in [1.54, 1.807) is 0 Å². The van der Waals surface area contributed by atoms with Crippen LogP contribution in [0.1, 0.15) is 23.1 Å². The van der Waals surface area contributed by atoms with Crippen LogP contribution in [0.5, 0.6) is 0 Å². The maximum absolute atomic E-state index is 5.64. The van der Waals surface area contributed by atoms with Gasteiger partial charge in [0.05, 0.1) is 13.2 Å². The minimum atomic E-state index is 0.744. The molecular formula is C11H13ClO. The number of fused-ring (bicyclic) bond motifs is 1. The fraction of sp³-hybridized carbons (Fsp3) is 0.455. The molecule has 0 atom stereocenters. The van der Waals surface area contributed by atoms with E-state index in [0.717, 1.165) is 31.9 Å². The lowest BCUT2D eigenvalue weighted by Crippen LogP contribution is -1.89. The van der Waals surface area contributed by atoms with Gasteiger partial charge >= 0.3 is 0 Å². The molecule has 13 heavy (non-hydrogen) atoms. The topological polar surface area (TPSA) is 9.23 Å². The molecule has 1 aromatic rings. The zero-order chi connectivity index (χ0) is 9.10. The second-order valence-electron chi connectivity index (χ2n) is 3.39. The first-order valence-electron chi connectivity index (χ1n) is 4.64. The molecule has 1 aromatic carbocycles. The number of hydrogen-bond acceptors (Lipinski definition) is 1. The van der Waals surface area contributed by atoms with Crippen molar-refractivity contribution >= 4 is 11.6 Å². The third-order valence-electron chi connectivity index (χ3n) is 2.38. The molecule has 0 N–H and O–H groups in total. The van der Waals surface area contributed by atoms with Gasteiger partial charge < -0.3 is 4.74 Å². The number of benzene rings is 1. The highest BCUT2D eigenvalue weighted by Gasteiger charge is 2.10. The maximum atomic E-state index is 5.64. The molecule has 1 aliphatic rings. The van der Waals surface area contributed by atoms with Crippen molar-refractivity contribution in [3.05, 3.63) is 34.9 Å². The normalized spacial score (nSPS) is 14.5. The zero-order valence-electron chi connectivity index (χ0n) is 7.55. The van der Waals surface area contributed by atoms with Crippen molar-refractivity contribution in [3.8, 4) is 0 Å². The molecule has 0 radical (unpaired) electrons. The molecule has 0 fully saturated rings. The summed E-state index contributed by atoms with van der Waals surface area (Å²) in [6, 6.07) is 6.60. The summed E-state index contributed by atoms with van der Waals surface area (Å²) >= 11 is 5.64. The summed E-state index contributed by atoms with van der Waals surface area (Å²) in [6.07, 6.45) is 2.14. The highest BCUT2D eigenvalue weighted by molar-refractivity contribution is 6.17. The van der Waals surface area contributed by atoms with Crippen LogP contribution < -0.4 is 0 Å². The van der Waals surface area contributed by atoms with Gasteiger partial charge in [0.15, 0.2) is 0 Å². The van der Waals surface area contributed by atoms with E-state index in [0.29, 0.717) is 0 Å². The molecule has 0 saturated carbocycles. The molecule has 1 nitrogen and oxygen atoms in total. The molecule has 0 amide bonds. The van der Waals surface area contributed by atoms with Gasteiger partial charge in [-0.15, -0.1) is 11.6 Å². The average molecular weight is 197 g/mol. The van der Waals surface area contributed by atoms with Crippen molar-refractivity contribution < 1.29 is 4.74 Å². The van der Waals surface area contributed by atoms with E-state index in [1.165, 1.54) is 16.7 Å². The molecule has 2 rings (SSSR count). The Morgan fingerprint density at radius 2 is 2.08 bits per heavy atom. The van der Waals surface area contributed by atoms with E-state index in [4.69, 9.17) is 16.3 Å². The van der Waals surface area contributed by atoms with E-state index in [-0.39, 0.29) is 0 Å². The van der Waals surface area contributed by atoms with Gasteiger partial charge in [0.25, 0.3) is 0 Å². The first-order valence-corrected chi connectivity index (χ1v) is 5.18. The maximum Gasteiger partial charge on any atom is 0.0725 e. The molecular weight excluding hydrogens is 184 g/mol. The fourth-order valence-electron chi connectivity index (χ4n) is 1.65. The molecule has 0 aromatic heterocycles. The largest absolute Gasteiger partial charge is 0.372 e. The summed E-state index contributed by atoms with van der Waals surface area (Å²) in [7, 11) is 0. The van der Waals surface area contributed by atoms with Gasteiger partial charge in [-0.1, -0.05) is 18.2 Å². The standard InChI is InChI=1S/C11H13ClO/c12-5-1-2-9-3-4-10-7-13-8-11(10)6-9/h3-4,6H,1-2,5,7-8H2. The number of hydrogen-bond donors (Lipinski definition) is 0. The smallest absolute Gasteiger partial charge is 0.0725 e. The van der Waals surface area contributed by atoms with Crippen LogP contribution in [0.25, 0.3) is 0 Å². The molecule has 0 bridgehead atoms. The zero-order valence-corrected chi connectivity index (χ0v) is 8.31. The molecule has 0 aliphatic carbocycles. The van der Waals surface area contributed by atoms with Crippen molar-refractivity contribution in [1.29, 1.82) is 0 Å². The first-order chi connectivity index (χ1) is 6.40. The fourth-order valence-corrected chi connectivity index (χ4v) is 1.79. The molecule has 1 aliphatic heterocycles.